The molecule has 0 aromatic rings. The fourth-order valence-corrected chi connectivity index (χ4v) is 3.34. The average Bonchev–Trinajstić information content (AvgIpc) is 1.81. The third-order valence-corrected chi connectivity index (χ3v) is 4.86. The number of hydrogen-bond acceptors (Lipinski definition) is 3. The van der Waals surface area contributed by atoms with Crippen LogP contribution in [0.3, 0.4) is 0 Å². The van der Waals surface area contributed by atoms with Crippen LogP contribution in [0.4, 0.5) is 0 Å². The number of rotatable bonds is 5. The van der Waals surface area contributed by atoms with Crippen LogP contribution in [0.25, 0.3) is 0 Å². The van der Waals surface area contributed by atoms with Crippen molar-refractivity contribution in [2.45, 2.75) is 5.32 Å². The second-order valence-corrected chi connectivity index (χ2v) is 5.92. The van der Waals surface area contributed by atoms with Gasteiger partial charge in [-0.1, -0.05) is 0 Å². The summed E-state index contributed by atoms with van der Waals surface area (Å²) in [6, 6.07) is 0. The van der Waals surface area contributed by atoms with Crippen LogP contribution in [0.1, 0.15) is 0 Å². The van der Waals surface area contributed by atoms with Gasteiger partial charge in [-0.15, -0.1) is 0 Å². The second-order valence-electron chi connectivity index (χ2n) is 1.22. The molecule has 0 radical (unpaired) electrons. The zero-order valence-electron chi connectivity index (χ0n) is 4.80. The van der Waals surface area contributed by atoms with Gasteiger partial charge in [0.25, 0.3) is 0 Å². The zero-order valence-corrected chi connectivity index (χ0v) is 7.33. The summed E-state index contributed by atoms with van der Waals surface area (Å²) in [5.74, 6) is 1.10. The van der Waals surface area contributed by atoms with Gasteiger partial charge in [0, 0.05) is 0 Å². The molecule has 0 spiro atoms. The molecule has 0 atom stereocenters. The van der Waals surface area contributed by atoms with Crippen molar-refractivity contribution in [1.29, 1.82) is 0 Å². The molecule has 8 heavy (non-hydrogen) atoms. The van der Waals surface area contributed by atoms with Crippen LogP contribution in [-0.2, 0) is 0 Å². The molecular weight excluding hydrogens is 187 g/mol. The standard InChI is InChI=1S/C4H12N2SSe/c5-1-3-7-8-4-2-6/h1-6H2. The van der Waals surface area contributed by atoms with Crippen molar-refractivity contribution >= 4 is 24.0 Å². The maximum atomic E-state index is 5.28. The topological polar surface area (TPSA) is 52.0 Å². The number of nitrogens with two attached hydrogens (primary N) is 2. The average molecular weight is 199 g/mol. The van der Waals surface area contributed by atoms with E-state index in [1.165, 1.54) is 5.32 Å². The van der Waals surface area contributed by atoms with E-state index in [1.807, 2.05) is 10.2 Å². The van der Waals surface area contributed by atoms with Gasteiger partial charge in [-0.3, -0.25) is 0 Å². The summed E-state index contributed by atoms with van der Waals surface area (Å²) in [7, 11) is 1.94. The first-order valence-electron chi connectivity index (χ1n) is 2.56. The van der Waals surface area contributed by atoms with E-state index < -0.39 is 0 Å². The molecule has 4 N–H and O–H groups in total. The van der Waals surface area contributed by atoms with Gasteiger partial charge in [-0.05, 0) is 0 Å². The summed E-state index contributed by atoms with van der Waals surface area (Å²) in [6.07, 6.45) is 0. The van der Waals surface area contributed by atoms with E-state index in [-0.39, 0.29) is 0 Å². The Balaban J connectivity index is 2.53. The van der Waals surface area contributed by atoms with E-state index in [4.69, 9.17) is 11.5 Å². The van der Waals surface area contributed by atoms with E-state index in [0.29, 0.717) is 13.8 Å². The Kier molecular flexibility index (Phi) is 8.56. The van der Waals surface area contributed by atoms with Crippen LogP contribution in [0.5, 0.6) is 0 Å². The molecule has 4 heteroatoms. The van der Waals surface area contributed by atoms with Gasteiger partial charge in [0.15, 0.2) is 0 Å². The molecule has 0 aliphatic carbocycles. The van der Waals surface area contributed by atoms with Crippen molar-refractivity contribution in [2.24, 2.45) is 11.5 Å². The predicted molar refractivity (Wildman–Crippen MR) is 41.1 cm³/mol. The molecule has 0 saturated heterocycles. The van der Waals surface area contributed by atoms with E-state index in [2.05, 4.69) is 0 Å². The van der Waals surface area contributed by atoms with Gasteiger partial charge in [0.2, 0.25) is 0 Å². The third kappa shape index (κ3) is 6.79. The molecule has 50 valence electrons. The Labute approximate surface area is 60.0 Å². The Morgan fingerprint density at radius 3 is 2.50 bits per heavy atom. The van der Waals surface area contributed by atoms with Crippen LogP contribution in [-0.4, -0.2) is 32.7 Å². The van der Waals surface area contributed by atoms with Crippen molar-refractivity contribution in [3.63, 3.8) is 0 Å². The van der Waals surface area contributed by atoms with Gasteiger partial charge in [0.1, 0.15) is 0 Å². The summed E-state index contributed by atoms with van der Waals surface area (Å²) < 4.78 is 0. The van der Waals surface area contributed by atoms with Gasteiger partial charge < -0.3 is 0 Å². The SMILES string of the molecule is NCCS[Se]CCN. The summed E-state index contributed by atoms with van der Waals surface area (Å²) >= 11 is 0.689. The Morgan fingerprint density at radius 1 is 1.25 bits per heavy atom. The summed E-state index contributed by atoms with van der Waals surface area (Å²) in [6.45, 7) is 1.63. The van der Waals surface area contributed by atoms with Gasteiger partial charge in [-0.25, -0.2) is 0 Å². The maximum absolute atomic E-state index is 5.28. The molecule has 0 fully saturated rings. The fourth-order valence-electron chi connectivity index (χ4n) is 0.214. The zero-order chi connectivity index (χ0) is 6.24. The van der Waals surface area contributed by atoms with Crippen molar-refractivity contribution in [3.8, 4) is 0 Å². The normalized spacial score (nSPS) is 9.75. The molecular formula is C4H12N2SSe. The minimum absolute atomic E-state index is 0.689. The molecule has 0 unspecified atom stereocenters. The number of hydrogen-bond donors (Lipinski definition) is 2. The molecule has 0 saturated carbocycles. The van der Waals surface area contributed by atoms with Gasteiger partial charge in [-0.2, -0.15) is 0 Å². The van der Waals surface area contributed by atoms with Crippen LogP contribution >= 0.6 is 10.2 Å². The van der Waals surface area contributed by atoms with Crippen LogP contribution in [0.15, 0.2) is 0 Å². The van der Waals surface area contributed by atoms with Gasteiger partial charge >= 0.3 is 59.6 Å². The van der Waals surface area contributed by atoms with Crippen molar-refractivity contribution in [1.82, 2.24) is 0 Å². The third-order valence-electron chi connectivity index (χ3n) is 0.486. The molecule has 0 aliphatic heterocycles. The van der Waals surface area contributed by atoms with E-state index in [1.54, 1.807) is 0 Å². The van der Waals surface area contributed by atoms with Crippen LogP contribution in [0.2, 0.25) is 5.32 Å². The first kappa shape index (κ1) is 8.79. The van der Waals surface area contributed by atoms with Crippen molar-refractivity contribution in [3.05, 3.63) is 0 Å². The molecule has 2 nitrogen and oxygen atoms in total. The predicted octanol–water partition coefficient (Wildman–Crippen LogP) is -0.325. The Hall–Kier alpha value is 0.789. The Bertz CT molecular complexity index is 39.0. The molecule has 0 aromatic carbocycles. The summed E-state index contributed by atoms with van der Waals surface area (Å²) in [5.41, 5.74) is 10.6. The molecule has 0 amide bonds. The fraction of sp³-hybridized carbons (Fsp3) is 1.00. The minimum atomic E-state index is 0.689. The second kappa shape index (κ2) is 7.79. The van der Waals surface area contributed by atoms with Crippen LogP contribution < -0.4 is 11.5 Å². The first-order chi connectivity index (χ1) is 3.91. The molecule has 0 bridgehead atoms. The van der Waals surface area contributed by atoms with E-state index in [0.717, 1.165) is 18.8 Å². The van der Waals surface area contributed by atoms with Crippen LogP contribution in [0, 0.1) is 0 Å². The molecule has 0 aromatic heterocycles. The van der Waals surface area contributed by atoms with Gasteiger partial charge in [0.05, 0.1) is 0 Å². The molecule has 0 aliphatic rings. The quantitative estimate of drug-likeness (QED) is 0.471. The summed E-state index contributed by atoms with van der Waals surface area (Å²) in [5, 5.41) is 1.18. The van der Waals surface area contributed by atoms with E-state index >= 15 is 0 Å². The summed E-state index contributed by atoms with van der Waals surface area (Å²) in [4.78, 5) is 0. The van der Waals surface area contributed by atoms with Crippen molar-refractivity contribution in [2.75, 3.05) is 18.8 Å². The molecule has 0 heterocycles. The van der Waals surface area contributed by atoms with Crippen molar-refractivity contribution < 1.29 is 0 Å². The molecule has 0 rings (SSSR count). The first-order valence-corrected chi connectivity index (χ1v) is 6.78. The monoisotopic (exact) mass is 200 g/mol. The van der Waals surface area contributed by atoms with E-state index in [9.17, 15) is 0 Å². The Morgan fingerprint density at radius 2 is 2.00 bits per heavy atom.